The highest BCUT2D eigenvalue weighted by Gasteiger charge is 1.92. The summed E-state index contributed by atoms with van der Waals surface area (Å²) in [5.41, 5.74) is 1.13. The maximum atomic E-state index is 4.16. The summed E-state index contributed by atoms with van der Waals surface area (Å²) in [6.07, 6.45) is 5.62. The zero-order chi connectivity index (χ0) is 7.98. The van der Waals surface area contributed by atoms with Crippen LogP contribution in [0, 0.1) is 0 Å². The molecule has 0 aliphatic heterocycles. The highest BCUT2D eigenvalue weighted by molar-refractivity contribution is 8.02. The molecule has 0 radical (unpaired) electrons. The van der Waals surface area contributed by atoms with Crippen molar-refractivity contribution in [1.82, 2.24) is 0 Å². The first-order valence-electron chi connectivity index (χ1n) is 3.12. The van der Waals surface area contributed by atoms with Gasteiger partial charge in [-0.15, -0.1) is 11.8 Å². The van der Waals surface area contributed by atoms with Crippen LogP contribution in [0.5, 0.6) is 0 Å². The maximum Gasteiger partial charge on any atom is 0.0982 e. The molecule has 2 heteroatoms. The van der Waals surface area contributed by atoms with Crippen molar-refractivity contribution in [1.29, 1.82) is 0 Å². The SMILES string of the molecule is C=C/C(C)=C(\N=C/C)SC. The molecule has 0 unspecified atom stereocenters. The predicted molar refractivity (Wildman–Crippen MR) is 50.6 cm³/mol. The van der Waals surface area contributed by atoms with E-state index in [1.165, 1.54) is 0 Å². The second-order valence-electron chi connectivity index (χ2n) is 1.78. The number of hydrogen-bond donors (Lipinski definition) is 0. The third-order valence-electron chi connectivity index (χ3n) is 1.08. The lowest BCUT2D eigenvalue weighted by Crippen LogP contribution is -1.76. The highest BCUT2D eigenvalue weighted by atomic mass is 32.2. The highest BCUT2D eigenvalue weighted by Crippen LogP contribution is 2.17. The maximum absolute atomic E-state index is 4.16. The molecular weight excluding hydrogens is 142 g/mol. The molecule has 0 aromatic rings. The Morgan fingerprint density at radius 3 is 2.50 bits per heavy atom. The molecule has 0 aromatic heterocycles. The summed E-state index contributed by atoms with van der Waals surface area (Å²) in [7, 11) is 0. The Morgan fingerprint density at radius 2 is 2.20 bits per heavy atom. The number of hydrogen-bond acceptors (Lipinski definition) is 2. The lowest BCUT2D eigenvalue weighted by molar-refractivity contribution is 1.40. The number of nitrogens with zero attached hydrogens (tertiary/aromatic N) is 1. The zero-order valence-corrected chi connectivity index (χ0v) is 7.53. The quantitative estimate of drug-likeness (QED) is 0.451. The van der Waals surface area contributed by atoms with E-state index in [0.717, 1.165) is 10.6 Å². The summed E-state index contributed by atoms with van der Waals surface area (Å²) in [5.74, 6) is 0. The summed E-state index contributed by atoms with van der Waals surface area (Å²) < 4.78 is 0. The Balaban J connectivity index is 4.44. The van der Waals surface area contributed by atoms with Crippen molar-refractivity contribution >= 4 is 18.0 Å². The van der Waals surface area contributed by atoms with E-state index in [1.54, 1.807) is 18.0 Å². The van der Waals surface area contributed by atoms with Gasteiger partial charge in [0, 0.05) is 6.21 Å². The summed E-state index contributed by atoms with van der Waals surface area (Å²) >= 11 is 1.64. The van der Waals surface area contributed by atoms with Gasteiger partial charge >= 0.3 is 0 Å². The van der Waals surface area contributed by atoms with Gasteiger partial charge in [0.2, 0.25) is 0 Å². The van der Waals surface area contributed by atoms with Crippen molar-refractivity contribution in [3.05, 3.63) is 23.3 Å². The van der Waals surface area contributed by atoms with Crippen LogP contribution >= 0.6 is 11.8 Å². The Morgan fingerprint density at radius 1 is 1.60 bits per heavy atom. The van der Waals surface area contributed by atoms with Crippen molar-refractivity contribution in [3.63, 3.8) is 0 Å². The first-order chi connectivity index (χ1) is 4.76. The molecule has 0 N–H and O–H groups in total. The summed E-state index contributed by atoms with van der Waals surface area (Å²) in [5, 5.41) is 1.04. The second kappa shape index (κ2) is 5.30. The first-order valence-corrected chi connectivity index (χ1v) is 4.34. The van der Waals surface area contributed by atoms with Crippen LogP contribution in [0.2, 0.25) is 0 Å². The van der Waals surface area contributed by atoms with Gasteiger partial charge in [0.25, 0.3) is 0 Å². The van der Waals surface area contributed by atoms with Crippen LogP contribution in [-0.2, 0) is 0 Å². The minimum Gasteiger partial charge on any atom is -0.254 e. The molecule has 0 aliphatic carbocycles. The Labute approximate surface area is 66.9 Å². The van der Waals surface area contributed by atoms with Gasteiger partial charge in [-0.3, -0.25) is 4.99 Å². The van der Waals surface area contributed by atoms with Crippen molar-refractivity contribution in [2.75, 3.05) is 6.26 Å². The average Bonchev–Trinajstić information content (AvgIpc) is 1.99. The van der Waals surface area contributed by atoms with Crippen LogP contribution in [0.3, 0.4) is 0 Å². The molecule has 0 saturated heterocycles. The summed E-state index contributed by atoms with van der Waals surface area (Å²) in [6, 6.07) is 0. The van der Waals surface area contributed by atoms with Crippen molar-refractivity contribution in [2.24, 2.45) is 4.99 Å². The van der Waals surface area contributed by atoms with Gasteiger partial charge in [0.1, 0.15) is 0 Å². The minimum atomic E-state index is 1.04. The van der Waals surface area contributed by atoms with Crippen molar-refractivity contribution < 1.29 is 0 Å². The van der Waals surface area contributed by atoms with Gasteiger partial charge in [0.05, 0.1) is 5.03 Å². The van der Waals surface area contributed by atoms with Crippen molar-refractivity contribution in [2.45, 2.75) is 13.8 Å². The molecule has 0 saturated carbocycles. The lowest BCUT2D eigenvalue weighted by Gasteiger charge is -1.97. The largest absolute Gasteiger partial charge is 0.254 e. The summed E-state index contributed by atoms with van der Waals surface area (Å²) in [4.78, 5) is 4.16. The van der Waals surface area contributed by atoms with Crippen LogP contribution in [0.1, 0.15) is 13.8 Å². The van der Waals surface area contributed by atoms with Gasteiger partial charge in [-0.2, -0.15) is 0 Å². The molecule has 10 heavy (non-hydrogen) atoms. The Kier molecular flexibility index (Phi) is 5.03. The van der Waals surface area contributed by atoms with Gasteiger partial charge in [0.15, 0.2) is 0 Å². The molecule has 0 heterocycles. The molecule has 0 atom stereocenters. The monoisotopic (exact) mass is 155 g/mol. The van der Waals surface area contributed by atoms with Crippen LogP contribution in [0.15, 0.2) is 28.2 Å². The lowest BCUT2D eigenvalue weighted by atomic mass is 10.3. The zero-order valence-electron chi connectivity index (χ0n) is 6.72. The van der Waals surface area contributed by atoms with Gasteiger partial charge < -0.3 is 0 Å². The second-order valence-corrected chi connectivity index (χ2v) is 2.58. The van der Waals surface area contributed by atoms with Crippen LogP contribution in [-0.4, -0.2) is 12.5 Å². The number of rotatable bonds is 3. The number of allylic oxidation sites excluding steroid dienone is 2. The van der Waals surface area contributed by atoms with E-state index in [2.05, 4.69) is 11.6 Å². The molecule has 0 fully saturated rings. The molecule has 0 aromatic carbocycles. The predicted octanol–water partition coefficient (Wildman–Crippen LogP) is 2.86. The van der Waals surface area contributed by atoms with E-state index in [1.807, 2.05) is 26.2 Å². The molecule has 0 aliphatic rings. The van der Waals surface area contributed by atoms with Gasteiger partial charge in [-0.1, -0.05) is 12.7 Å². The van der Waals surface area contributed by atoms with Crippen LogP contribution < -0.4 is 0 Å². The number of aliphatic imine (C=N–C) groups is 1. The fraction of sp³-hybridized carbons (Fsp3) is 0.375. The fourth-order valence-electron chi connectivity index (χ4n) is 0.520. The standard InChI is InChI=1S/C8H13NS/c1-5-7(3)8(10-4)9-6-2/h5-6H,1H2,2-4H3/b8-7+,9-6-. The van der Waals surface area contributed by atoms with Gasteiger partial charge in [-0.05, 0) is 25.7 Å². The van der Waals surface area contributed by atoms with Crippen molar-refractivity contribution in [3.8, 4) is 0 Å². The van der Waals surface area contributed by atoms with E-state index in [9.17, 15) is 0 Å². The van der Waals surface area contributed by atoms with Gasteiger partial charge in [-0.25, -0.2) is 0 Å². The van der Waals surface area contributed by atoms with E-state index >= 15 is 0 Å². The molecular formula is C8H13NS. The van der Waals surface area contributed by atoms with E-state index < -0.39 is 0 Å². The molecule has 0 bridgehead atoms. The molecule has 0 amide bonds. The summed E-state index contributed by atoms with van der Waals surface area (Å²) in [6.45, 7) is 7.58. The molecule has 1 nitrogen and oxygen atoms in total. The molecule has 56 valence electrons. The average molecular weight is 155 g/mol. The Hall–Kier alpha value is -0.500. The van der Waals surface area contributed by atoms with E-state index in [4.69, 9.17) is 0 Å². The Bertz CT molecular complexity index is 168. The molecule has 0 rings (SSSR count). The van der Waals surface area contributed by atoms with E-state index in [-0.39, 0.29) is 0 Å². The third kappa shape index (κ3) is 2.87. The fourth-order valence-corrected chi connectivity index (χ4v) is 1.14. The first kappa shape index (κ1) is 9.50. The topological polar surface area (TPSA) is 12.4 Å². The smallest absolute Gasteiger partial charge is 0.0982 e. The van der Waals surface area contributed by atoms with E-state index in [0.29, 0.717) is 0 Å². The third-order valence-corrected chi connectivity index (χ3v) is 1.90. The number of thioether (sulfide) groups is 1. The minimum absolute atomic E-state index is 1.04. The molecule has 0 spiro atoms. The van der Waals surface area contributed by atoms with Crippen LogP contribution in [0.4, 0.5) is 0 Å². The normalized spacial score (nSPS) is 13.5. The van der Waals surface area contributed by atoms with Crippen LogP contribution in [0.25, 0.3) is 0 Å².